The maximum absolute atomic E-state index is 14.5. The highest BCUT2D eigenvalue weighted by Crippen LogP contribution is 2.36. The summed E-state index contributed by atoms with van der Waals surface area (Å²) in [5.74, 6) is -0.996. The number of carbonyl (C=O) groups is 2. The van der Waals surface area contributed by atoms with Crippen molar-refractivity contribution in [3.63, 3.8) is 0 Å². The van der Waals surface area contributed by atoms with Crippen LogP contribution >= 0.6 is 34.8 Å². The summed E-state index contributed by atoms with van der Waals surface area (Å²) in [7, 11) is -4.32. The second-order valence-electron chi connectivity index (χ2n) is 10.5. The number of nitrogens with one attached hydrogen (secondary N) is 1. The van der Waals surface area contributed by atoms with Gasteiger partial charge < -0.3 is 10.2 Å². The van der Waals surface area contributed by atoms with Crippen molar-refractivity contribution < 1.29 is 18.0 Å². The summed E-state index contributed by atoms with van der Waals surface area (Å²) in [5.41, 5.74) is 2.33. The van der Waals surface area contributed by atoms with E-state index in [1.807, 2.05) is 44.2 Å². The van der Waals surface area contributed by atoms with E-state index in [9.17, 15) is 18.0 Å². The van der Waals surface area contributed by atoms with Gasteiger partial charge in [0.15, 0.2) is 0 Å². The number of hydrogen-bond donors (Lipinski definition) is 1. The van der Waals surface area contributed by atoms with E-state index in [1.54, 1.807) is 42.5 Å². The Morgan fingerprint density at radius 3 is 2.13 bits per heavy atom. The Balaban J connectivity index is 1.83. The summed E-state index contributed by atoms with van der Waals surface area (Å²) in [5, 5.41) is 3.42. The Kier molecular flexibility index (Phi) is 11.9. The quantitative estimate of drug-likeness (QED) is 0.160. The number of sulfonamides is 1. The lowest BCUT2D eigenvalue weighted by Gasteiger charge is -2.34. The van der Waals surface area contributed by atoms with Gasteiger partial charge in [-0.25, -0.2) is 8.42 Å². The van der Waals surface area contributed by atoms with Gasteiger partial charge in [0.05, 0.1) is 20.6 Å². The minimum absolute atomic E-state index is 0.0261. The maximum atomic E-state index is 14.5. The molecule has 7 nitrogen and oxygen atoms in total. The zero-order chi connectivity index (χ0) is 32.6. The Labute approximate surface area is 279 Å². The van der Waals surface area contributed by atoms with Crippen LogP contribution in [0, 0.1) is 6.92 Å². The smallest absolute Gasteiger partial charge is 0.264 e. The summed E-state index contributed by atoms with van der Waals surface area (Å²) in [6.07, 6.45) is 0.882. The Morgan fingerprint density at radius 2 is 1.47 bits per heavy atom. The second kappa shape index (κ2) is 15.6. The summed E-state index contributed by atoms with van der Waals surface area (Å²) < 4.78 is 29.3. The van der Waals surface area contributed by atoms with Crippen LogP contribution in [-0.2, 0) is 32.6 Å². The first-order chi connectivity index (χ1) is 21.5. The van der Waals surface area contributed by atoms with Crippen molar-refractivity contribution in [1.29, 1.82) is 0 Å². The Bertz CT molecular complexity index is 1740. The van der Waals surface area contributed by atoms with Gasteiger partial charge >= 0.3 is 0 Å². The van der Waals surface area contributed by atoms with Crippen LogP contribution in [0.4, 0.5) is 5.69 Å². The lowest BCUT2D eigenvalue weighted by molar-refractivity contribution is -0.140. The molecule has 0 aromatic heterocycles. The number of carbonyl (C=O) groups excluding carboxylic acids is 2. The predicted octanol–water partition coefficient (Wildman–Crippen LogP) is 7.32. The first-order valence-corrected chi connectivity index (χ1v) is 17.0. The van der Waals surface area contributed by atoms with Crippen LogP contribution in [0.5, 0.6) is 0 Å². The van der Waals surface area contributed by atoms with Crippen molar-refractivity contribution in [2.24, 2.45) is 0 Å². The average molecular weight is 687 g/mol. The lowest BCUT2D eigenvalue weighted by atomic mass is 10.0. The number of hydrogen-bond acceptors (Lipinski definition) is 4. The van der Waals surface area contributed by atoms with E-state index in [-0.39, 0.29) is 39.5 Å². The van der Waals surface area contributed by atoms with Crippen molar-refractivity contribution >= 4 is 62.3 Å². The molecule has 1 N–H and O–H groups in total. The average Bonchev–Trinajstić information content (AvgIpc) is 3.03. The Morgan fingerprint density at radius 1 is 0.822 bits per heavy atom. The van der Waals surface area contributed by atoms with E-state index in [4.69, 9.17) is 34.8 Å². The zero-order valence-electron chi connectivity index (χ0n) is 24.9. The number of rotatable bonds is 13. The number of nitrogens with zero attached hydrogens (tertiary/aromatic N) is 2. The molecule has 236 valence electrons. The SMILES string of the molecule is CCCNC(=O)[C@@H](Cc1ccccc1)N(Cc1ccccc1Cl)C(=O)CN(c1cccc(Cl)c1Cl)S(=O)(=O)c1ccc(C)cc1. The van der Waals surface area contributed by atoms with Crippen molar-refractivity contribution in [2.45, 2.75) is 44.2 Å². The normalized spacial score (nSPS) is 11.9. The fourth-order valence-electron chi connectivity index (χ4n) is 4.77. The van der Waals surface area contributed by atoms with Crippen LogP contribution in [0.15, 0.2) is 102 Å². The highest BCUT2D eigenvalue weighted by Gasteiger charge is 2.35. The predicted molar refractivity (Wildman–Crippen MR) is 181 cm³/mol. The van der Waals surface area contributed by atoms with Crippen LogP contribution < -0.4 is 9.62 Å². The first kappa shape index (κ1) is 34.3. The molecule has 4 aromatic rings. The van der Waals surface area contributed by atoms with E-state index in [0.717, 1.165) is 15.4 Å². The first-order valence-electron chi connectivity index (χ1n) is 14.4. The minimum Gasteiger partial charge on any atom is -0.354 e. The molecule has 0 spiro atoms. The van der Waals surface area contributed by atoms with E-state index >= 15 is 0 Å². The summed E-state index contributed by atoms with van der Waals surface area (Å²) in [6.45, 7) is 3.48. The van der Waals surface area contributed by atoms with Gasteiger partial charge in [0.1, 0.15) is 12.6 Å². The van der Waals surface area contributed by atoms with Crippen molar-refractivity contribution in [1.82, 2.24) is 10.2 Å². The molecule has 0 saturated heterocycles. The molecule has 0 aliphatic rings. The van der Waals surface area contributed by atoms with Crippen LogP contribution in [0.1, 0.15) is 30.0 Å². The van der Waals surface area contributed by atoms with Gasteiger partial charge in [-0.15, -0.1) is 0 Å². The van der Waals surface area contributed by atoms with Crippen LogP contribution in [0.3, 0.4) is 0 Å². The van der Waals surface area contributed by atoms with Gasteiger partial charge in [-0.2, -0.15) is 0 Å². The van der Waals surface area contributed by atoms with Crippen LogP contribution in [0.25, 0.3) is 0 Å². The van der Waals surface area contributed by atoms with Crippen molar-refractivity contribution in [2.75, 3.05) is 17.4 Å². The molecule has 11 heteroatoms. The zero-order valence-corrected chi connectivity index (χ0v) is 28.0. The fourth-order valence-corrected chi connectivity index (χ4v) is 6.84. The maximum Gasteiger partial charge on any atom is 0.264 e. The van der Waals surface area contributed by atoms with Crippen LogP contribution in [-0.4, -0.2) is 44.3 Å². The van der Waals surface area contributed by atoms with E-state index < -0.39 is 28.5 Å². The highest BCUT2D eigenvalue weighted by atomic mass is 35.5. The third-order valence-corrected chi connectivity index (χ3v) is 10.2. The van der Waals surface area contributed by atoms with Crippen molar-refractivity contribution in [3.8, 4) is 0 Å². The van der Waals surface area contributed by atoms with Gasteiger partial charge in [-0.1, -0.05) is 114 Å². The number of aryl methyl sites for hydroxylation is 1. The van der Waals surface area contributed by atoms with Gasteiger partial charge in [0.2, 0.25) is 11.8 Å². The largest absolute Gasteiger partial charge is 0.354 e. The number of anilines is 1. The molecule has 4 rings (SSSR count). The highest BCUT2D eigenvalue weighted by molar-refractivity contribution is 7.92. The third-order valence-electron chi connectivity index (χ3n) is 7.21. The number of halogens is 3. The molecule has 4 aromatic carbocycles. The second-order valence-corrected chi connectivity index (χ2v) is 13.6. The van der Waals surface area contributed by atoms with Gasteiger partial charge in [-0.05, 0) is 54.8 Å². The molecular weight excluding hydrogens is 653 g/mol. The molecule has 0 radical (unpaired) electrons. The molecule has 0 fully saturated rings. The molecule has 0 unspecified atom stereocenters. The Hall–Kier alpha value is -3.56. The fraction of sp³-hybridized carbons (Fsp3) is 0.235. The minimum atomic E-state index is -4.32. The topological polar surface area (TPSA) is 86.8 Å². The summed E-state index contributed by atoms with van der Waals surface area (Å²) in [6, 6.07) is 26.2. The van der Waals surface area contributed by atoms with Gasteiger partial charge in [0, 0.05) is 24.5 Å². The van der Waals surface area contributed by atoms with Crippen molar-refractivity contribution in [3.05, 3.63) is 129 Å². The molecule has 1 atom stereocenters. The number of benzene rings is 4. The standard InChI is InChI=1S/C34H34Cl3N3O4S/c1-3-20-38-34(42)31(21-25-10-5-4-6-11-25)39(22-26-12-7-8-13-28(26)35)32(41)23-40(30-15-9-14-29(36)33(30)37)45(43,44)27-18-16-24(2)17-19-27/h4-19,31H,3,20-23H2,1-2H3,(H,38,42)/t31-/m1/s1. The van der Waals surface area contributed by atoms with Gasteiger partial charge in [0.25, 0.3) is 10.0 Å². The molecule has 45 heavy (non-hydrogen) atoms. The van der Waals surface area contributed by atoms with E-state index in [1.165, 1.54) is 29.2 Å². The summed E-state index contributed by atoms with van der Waals surface area (Å²) in [4.78, 5) is 29.6. The molecule has 0 aliphatic carbocycles. The lowest BCUT2D eigenvalue weighted by Crippen LogP contribution is -2.53. The number of amides is 2. The molecule has 0 aliphatic heterocycles. The van der Waals surface area contributed by atoms with E-state index in [2.05, 4.69) is 5.32 Å². The van der Waals surface area contributed by atoms with Gasteiger partial charge in [-0.3, -0.25) is 13.9 Å². The van der Waals surface area contributed by atoms with Crippen LogP contribution in [0.2, 0.25) is 15.1 Å². The molecule has 0 saturated carbocycles. The third kappa shape index (κ3) is 8.58. The monoisotopic (exact) mass is 685 g/mol. The molecule has 0 heterocycles. The molecular formula is C34H34Cl3N3O4S. The van der Waals surface area contributed by atoms with E-state index in [0.29, 0.717) is 23.6 Å². The molecule has 2 amide bonds. The molecule has 0 bridgehead atoms. The summed E-state index contributed by atoms with van der Waals surface area (Å²) >= 11 is 19.4.